The Balaban J connectivity index is 2.14. The van der Waals surface area contributed by atoms with Gasteiger partial charge in [-0.1, -0.05) is 12.1 Å². The van der Waals surface area contributed by atoms with E-state index in [1.165, 1.54) is 11.5 Å². The van der Waals surface area contributed by atoms with Crippen molar-refractivity contribution in [3.8, 4) is 0 Å². The highest BCUT2D eigenvalue weighted by molar-refractivity contribution is 8.02. The maximum Gasteiger partial charge on any atom is 0.0890 e. The quantitative estimate of drug-likeness (QED) is 0.772. The van der Waals surface area contributed by atoms with Gasteiger partial charge in [0, 0.05) is 17.3 Å². The zero-order valence-corrected chi connectivity index (χ0v) is 11.8. The smallest absolute Gasteiger partial charge is 0.0890 e. The molecule has 2 rings (SSSR count). The third kappa shape index (κ3) is 3.36. The van der Waals surface area contributed by atoms with Gasteiger partial charge in [0.2, 0.25) is 0 Å². The van der Waals surface area contributed by atoms with Gasteiger partial charge in [-0.05, 0) is 25.3 Å². The first kappa shape index (κ1) is 12.7. The SMILES string of the molecule is CSCCSCc1nc2ccccc2nc1C. The molecule has 0 amide bonds. The largest absolute Gasteiger partial charge is 0.250 e. The summed E-state index contributed by atoms with van der Waals surface area (Å²) in [4.78, 5) is 9.28. The van der Waals surface area contributed by atoms with Crippen LogP contribution < -0.4 is 0 Å². The third-order valence-corrected chi connectivity index (χ3v) is 4.35. The molecule has 0 aliphatic carbocycles. The van der Waals surface area contributed by atoms with Gasteiger partial charge in [0.15, 0.2) is 0 Å². The van der Waals surface area contributed by atoms with Crippen LogP contribution in [-0.2, 0) is 5.75 Å². The Morgan fingerprint density at radius 2 is 1.76 bits per heavy atom. The highest BCUT2D eigenvalue weighted by Crippen LogP contribution is 2.17. The number of aryl methyl sites for hydroxylation is 1. The lowest BCUT2D eigenvalue weighted by Crippen LogP contribution is -1.97. The minimum atomic E-state index is 0.963. The number of aromatic nitrogens is 2. The number of fused-ring (bicyclic) bond motifs is 1. The van der Waals surface area contributed by atoms with Gasteiger partial charge < -0.3 is 0 Å². The zero-order valence-electron chi connectivity index (χ0n) is 10.1. The molecule has 0 saturated carbocycles. The van der Waals surface area contributed by atoms with Crippen LogP contribution in [0, 0.1) is 6.92 Å². The van der Waals surface area contributed by atoms with Crippen molar-refractivity contribution in [1.29, 1.82) is 0 Å². The molecule has 90 valence electrons. The number of hydrogen-bond acceptors (Lipinski definition) is 4. The monoisotopic (exact) mass is 264 g/mol. The van der Waals surface area contributed by atoms with Crippen LogP contribution in [0.4, 0.5) is 0 Å². The number of para-hydroxylation sites is 2. The van der Waals surface area contributed by atoms with Crippen molar-refractivity contribution in [1.82, 2.24) is 9.97 Å². The predicted molar refractivity (Wildman–Crippen MR) is 78.8 cm³/mol. The van der Waals surface area contributed by atoms with Gasteiger partial charge in [-0.15, -0.1) is 0 Å². The molecule has 0 atom stereocenters. The molecule has 0 aliphatic heterocycles. The Morgan fingerprint density at radius 1 is 1.06 bits per heavy atom. The van der Waals surface area contributed by atoms with Gasteiger partial charge in [0.25, 0.3) is 0 Å². The van der Waals surface area contributed by atoms with Crippen molar-refractivity contribution < 1.29 is 0 Å². The number of nitrogens with zero attached hydrogens (tertiary/aromatic N) is 2. The Bertz CT molecular complexity index is 500. The molecule has 1 aromatic heterocycles. The summed E-state index contributed by atoms with van der Waals surface area (Å²) < 4.78 is 0. The number of thioether (sulfide) groups is 2. The fraction of sp³-hybridized carbons (Fsp3) is 0.385. The van der Waals surface area contributed by atoms with E-state index >= 15 is 0 Å². The maximum absolute atomic E-state index is 4.68. The normalized spacial score (nSPS) is 10.9. The first-order valence-corrected chi connectivity index (χ1v) is 8.15. The summed E-state index contributed by atoms with van der Waals surface area (Å²) in [5, 5.41) is 0. The predicted octanol–water partition coefficient (Wildman–Crippen LogP) is 3.53. The average molecular weight is 264 g/mol. The van der Waals surface area contributed by atoms with E-state index < -0.39 is 0 Å². The van der Waals surface area contributed by atoms with Crippen LogP contribution in [-0.4, -0.2) is 27.7 Å². The van der Waals surface area contributed by atoms with E-state index in [2.05, 4.69) is 16.2 Å². The number of benzene rings is 1. The summed E-state index contributed by atoms with van der Waals surface area (Å²) >= 11 is 3.82. The lowest BCUT2D eigenvalue weighted by molar-refractivity contribution is 1.08. The van der Waals surface area contributed by atoms with Crippen LogP contribution >= 0.6 is 23.5 Å². The molecule has 4 heteroatoms. The molecular weight excluding hydrogens is 248 g/mol. The summed E-state index contributed by atoms with van der Waals surface area (Å²) in [5.41, 5.74) is 4.16. The Kier molecular flexibility index (Phi) is 4.68. The summed E-state index contributed by atoms with van der Waals surface area (Å²) in [5.74, 6) is 3.34. The van der Waals surface area contributed by atoms with Gasteiger partial charge in [0.05, 0.1) is 22.4 Å². The topological polar surface area (TPSA) is 25.8 Å². The molecule has 0 N–H and O–H groups in total. The van der Waals surface area contributed by atoms with E-state index in [1.807, 2.05) is 54.7 Å². The van der Waals surface area contributed by atoms with E-state index in [4.69, 9.17) is 0 Å². The van der Waals surface area contributed by atoms with Gasteiger partial charge in [-0.25, -0.2) is 9.97 Å². The fourth-order valence-corrected chi connectivity index (χ4v) is 3.32. The highest BCUT2D eigenvalue weighted by atomic mass is 32.2. The van der Waals surface area contributed by atoms with Crippen molar-refractivity contribution in [2.45, 2.75) is 12.7 Å². The second-order valence-electron chi connectivity index (χ2n) is 3.79. The van der Waals surface area contributed by atoms with E-state index in [-0.39, 0.29) is 0 Å². The Morgan fingerprint density at radius 3 is 2.47 bits per heavy atom. The first-order chi connectivity index (χ1) is 8.31. The second kappa shape index (κ2) is 6.26. The average Bonchev–Trinajstić information content (AvgIpc) is 2.35. The van der Waals surface area contributed by atoms with Crippen LogP contribution in [0.25, 0.3) is 11.0 Å². The summed E-state index contributed by atoms with van der Waals surface area (Å²) in [6.45, 7) is 2.05. The molecular formula is C13H16N2S2. The van der Waals surface area contributed by atoms with Crippen LogP contribution in [0.15, 0.2) is 24.3 Å². The molecule has 0 aliphatic rings. The van der Waals surface area contributed by atoms with Crippen LogP contribution in [0.5, 0.6) is 0 Å². The van der Waals surface area contributed by atoms with Gasteiger partial charge in [-0.2, -0.15) is 23.5 Å². The maximum atomic E-state index is 4.68. The molecule has 0 bridgehead atoms. The first-order valence-electron chi connectivity index (χ1n) is 5.60. The minimum absolute atomic E-state index is 0.963. The Labute approximate surface area is 111 Å². The molecule has 0 saturated heterocycles. The molecule has 0 radical (unpaired) electrons. The van der Waals surface area contributed by atoms with Crippen LogP contribution in [0.1, 0.15) is 11.4 Å². The highest BCUT2D eigenvalue weighted by Gasteiger charge is 2.04. The molecule has 17 heavy (non-hydrogen) atoms. The van der Waals surface area contributed by atoms with E-state index in [0.29, 0.717) is 0 Å². The molecule has 0 spiro atoms. The lowest BCUT2D eigenvalue weighted by atomic mass is 10.2. The van der Waals surface area contributed by atoms with E-state index in [1.54, 1.807) is 0 Å². The Hall–Kier alpha value is -0.740. The van der Waals surface area contributed by atoms with Crippen molar-refractivity contribution in [2.75, 3.05) is 17.8 Å². The summed E-state index contributed by atoms with van der Waals surface area (Å²) in [7, 11) is 0. The molecule has 0 unspecified atom stereocenters. The minimum Gasteiger partial charge on any atom is -0.250 e. The molecule has 0 fully saturated rings. The second-order valence-corrected chi connectivity index (χ2v) is 5.88. The summed E-state index contributed by atoms with van der Waals surface area (Å²) in [6, 6.07) is 8.05. The molecule has 2 aromatic rings. The number of rotatable bonds is 5. The van der Waals surface area contributed by atoms with Crippen molar-refractivity contribution in [3.63, 3.8) is 0 Å². The van der Waals surface area contributed by atoms with Crippen LogP contribution in [0.3, 0.4) is 0 Å². The standard InChI is InChI=1S/C13H16N2S2/c1-10-13(9-17-8-7-16-2)15-12-6-4-3-5-11(12)14-10/h3-6H,7-9H2,1-2H3. The van der Waals surface area contributed by atoms with E-state index in [0.717, 1.165) is 28.2 Å². The van der Waals surface area contributed by atoms with Gasteiger partial charge >= 0.3 is 0 Å². The van der Waals surface area contributed by atoms with Gasteiger partial charge in [0.1, 0.15) is 0 Å². The molecule has 2 nitrogen and oxygen atoms in total. The molecule has 1 aromatic carbocycles. The van der Waals surface area contributed by atoms with Crippen molar-refractivity contribution >= 4 is 34.6 Å². The third-order valence-electron chi connectivity index (χ3n) is 2.51. The zero-order chi connectivity index (χ0) is 12.1. The van der Waals surface area contributed by atoms with Crippen molar-refractivity contribution in [2.24, 2.45) is 0 Å². The van der Waals surface area contributed by atoms with Crippen LogP contribution in [0.2, 0.25) is 0 Å². The van der Waals surface area contributed by atoms with E-state index in [9.17, 15) is 0 Å². The van der Waals surface area contributed by atoms with Gasteiger partial charge in [-0.3, -0.25) is 0 Å². The number of hydrogen-bond donors (Lipinski definition) is 0. The van der Waals surface area contributed by atoms with Crippen molar-refractivity contribution in [3.05, 3.63) is 35.7 Å². The fourth-order valence-electron chi connectivity index (χ4n) is 1.57. The molecule has 1 heterocycles. The summed E-state index contributed by atoms with van der Waals surface area (Å²) in [6.07, 6.45) is 2.14. The lowest BCUT2D eigenvalue weighted by Gasteiger charge is -2.06.